The zero-order valence-corrected chi connectivity index (χ0v) is 18.2. The fourth-order valence-corrected chi connectivity index (χ4v) is 4.62. The van der Waals surface area contributed by atoms with Gasteiger partial charge in [-0.05, 0) is 48.9 Å². The van der Waals surface area contributed by atoms with Crippen LogP contribution in [0.5, 0.6) is 5.75 Å². The first-order chi connectivity index (χ1) is 15.1. The molecule has 0 unspecified atom stereocenters. The lowest BCUT2D eigenvalue weighted by Gasteiger charge is -2.11. The number of ether oxygens (including phenoxy) is 2. The van der Waals surface area contributed by atoms with Gasteiger partial charge in [0.05, 0.1) is 29.0 Å². The molecule has 0 spiro atoms. The Balaban J connectivity index is 1.88. The van der Waals surface area contributed by atoms with Crippen molar-refractivity contribution in [3.8, 4) is 5.75 Å². The van der Waals surface area contributed by atoms with Crippen LogP contribution in [0.1, 0.15) is 24.2 Å². The topological polar surface area (TPSA) is 52.8 Å². The quantitative estimate of drug-likeness (QED) is 0.374. The van der Waals surface area contributed by atoms with Gasteiger partial charge in [0.15, 0.2) is 4.80 Å². The van der Waals surface area contributed by atoms with Crippen molar-refractivity contribution in [3.63, 3.8) is 0 Å². The van der Waals surface area contributed by atoms with E-state index in [1.54, 1.807) is 12.1 Å². The van der Waals surface area contributed by atoms with E-state index in [1.807, 2.05) is 48.7 Å². The van der Waals surface area contributed by atoms with E-state index in [0.717, 1.165) is 21.0 Å². The van der Waals surface area contributed by atoms with Gasteiger partial charge < -0.3 is 14.0 Å². The van der Waals surface area contributed by atoms with Crippen molar-refractivity contribution < 1.29 is 18.7 Å². The summed E-state index contributed by atoms with van der Waals surface area (Å²) >= 11 is 1.28. The van der Waals surface area contributed by atoms with E-state index < -0.39 is 5.91 Å². The molecule has 3 aromatic carbocycles. The number of carbonyl (C=O) groups is 1. The molecule has 0 radical (unpaired) electrons. The van der Waals surface area contributed by atoms with E-state index in [9.17, 15) is 9.18 Å². The van der Waals surface area contributed by atoms with Crippen LogP contribution in [0.4, 0.5) is 4.39 Å². The molecule has 0 saturated heterocycles. The molecular weight excluding hydrogens is 415 g/mol. The Morgan fingerprint density at radius 1 is 1.10 bits per heavy atom. The summed E-state index contributed by atoms with van der Waals surface area (Å²) in [5, 5.41) is 1.72. The van der Waals surface area contributed by atoms with Crippen molar-refractivity contribution in [2.45, 2.75) is 20.4 Å². The number of thiazole rings is 1. The zero-order valence-electron chi connectivity index (χ0n) is 17.4. The standard InChI is InChI=1S/C24H23FN2O3S/c1-3-29-14-13-27-19-11-10-17(25)15-21(19)31-24(27)26-23(28)22-18-8-6-5-7-16(18)9-12-20(22)30-4-2/h5-12,15H,3-4,13-14H2,1-2H3. The summed E-state index contributed by atoms with van der Waals surface area (Å²) in [6.07, 6.45) is 0. The summed E-state index contributed by atoms with van der Waals surface area (Å²) in [6.45, 7) is 5.82. The Morgan fingerprint density at radius 2 is 1.94 bits per heavy atom. The Bertz CT molecular complexity index is 1310. The van der Waals surface area contributed by atoms with Crippen LogP contribution in [-0.4, -0.2) is 30.3 Å². The maximum Gasteiger partial charge on any atom is 0.284 e. The molecule has 0 aliphatic heterocycles. The second kappa shape index (κ2) is 9.41. The highest BCUT2D eigenvalue weighted by Gasteiger charge is 2.17. The normalized spacial score (nSPS) is 12.0. The summed E-state index contributed by atoms with van der Waals surface area (Å²) in [7, 11) is 0. The molecule has 5 nitrogen and oxygen atoms in total. The third-order valence-electron chi connectivity index (χ3n) is 4.91. The van der Waals surface area contributed by atoms with Crippen LogP contribution in [0, 0.1) is 5.82 Å². The third-order valence-corrected chi connectivity index (χ3v) is 5.95. The van der Waals surface area contributed by atoms with Crippen molar-refractivity contribution in [3.05, 3.63) is 70.8 Å². The van der Waals surface area contributed by atoms with Gasteiger partial charge in [-0.25, -0.2) is 4.39 Å². The highest BCUT2D eigenvalue weighted by molar-refractivity contribution is 7.16. The van der Waals surface area contributed by atoms with E-state index in [4.69, 9.17) is 9.47 Å². The maximum atomic E-state index is 13.8. The van der Waals surface area contributed by atoms with E-state index in [1.165, 1.54) is 23.5 Å². The second-order valence-corrected chi connectivity index (χ2v) is 7.86. The molecule has 1 heterocycles. The fraction of sp³-hybridized carbons (Fsp3) is 0.250. The first kappa shape index (κ1) is 21.2. The molecule has 1 aromatic heterocycles. The minimum atomic E-state index is -0.391. The average Bonchev–Trinajstić information content (AvgIpc) is 3.09. The van der Waals surface area contributed by atoms with Gasteiger partial charge in [-0.1, -0.05) is 41.7 Å². The highest BCUT2D eigenvalue weighted by Crippen LogP contribution is 2.29. The molecular formula is C24H23FN2O3S. The third kappa shape index (κ3) is 4.38. The number of hydrogen-bond donors (Lipinski definition) is 0. The Morgan fingerprint density at radius 3 is 2.74 bits per heavy atom. The van der Waals surface area contributed by atoms with Crippen molar-refractivity contribution in [2.75, 3.05) is 19.8 Å². The van der Waals surface area contributed by atoms with Gasteiger partial charge in [0, 0.05) is 13.2 Å². The molecule has 0 aliphatic rings. The Hall–Kier alpha value is -3.03. The summed E-state index contributed by atoms with van der Waals surface area (Å²) < 4.78 is 27.6. The van der Waals surface area contributed by atoms with Crippen LogP contribution >= 0.6 is 11.3 Å². The molecule has 0 aliphatic carbocycles. The fourth-order valence-electron chi connectivity index (χ4n) is 3.54. The van der Waals surface area contributed by atoms with Gasteiger partial charge in [0.2, 0.25) is 0 Å². The molecule has 7 heteroatoms. The number of aromatic nitrogens is 1. The lowest BCUT2D eigenvalue weighted by molar-refractivity contribution is 0.0994. The van der Waals surface area contributed by atoms with Crippen LogP contribution in [0.15, 0.2) is 59.6 Å². The Kier molecular flexibility index (Phi) is 6.44. The van der Waals surface area contributed by atoms with E-state index in [2.05, 4.69) is 4.99 Å². The van der Waals surface area contributed by atoms with E-state index in [-0.39, 0.29) is 5.82 Å². The molecule has 160 valence electrons. The molecule has 0 atom stereocenters. The van der Waals surface area contributed by atoms with Crippen LogP contribution in [0.2, 0.25) is 0 Å². The number of nitrogens with zero attached hydrogens (tertiary/aromatic N) is 2. The predicted molar refractivity (Wildman–Crippen MR) is 121 cm³/mol. The number of amides is 1. The predicted octanol–water partition coefficient (Wildman–Crippen LogP) is 5.17. The number of rotatable bonds is 7. The molecule has 4 aromatic rings. The number of benzene rings is 3. The minimum absolute atomic E-state index is 0.323. The van der Waals surface area contributed by atoms with Gasteiger partial charge in [-0.3, -0.25) is 4.79 Å². The van der Waals surface area contributed by atoms with Gasteiger partial charge in [0.1, 0.15) is 11.6 Å². The van der Waals surface area contributed by atoms with Crippen molar-refractivity contribution in [1.29, 1.82) is 0 Å². The molecule has 4 rings (SSSR count). The summed E-state index contributed by atoms with van der Waals surface area (Å²) in [5.41, 5.74) is 1.25. The molecule has 0 saturated carbocycles. The van der Waals surface area contributed by atoms with Gasteiger partial charge >= 0.3 is 0 Å². The largest absolute Gasteiger partial charge is 0.493 e. The molecule has 0 bridgehead atoms. The van der Waals surface area contributed by atoms with Crippen molar-refractivity contribution >= 4 is 38.2 Å². The van der Waals surface area contributed by atoms with Crippen LogP contribution in [-0.2, 0) is 11.3 Å². The maximum absolute atomic E-state index is 13.8. The molecule has 31 heavy (non-hydrogen) atoms. The smallest absolute Gasteiger partial charge is 0.284 e. The number of halogens is 1. The lowest BCUT2D eigenvalue weighted by atomic mass is 10.0. The number of carbonyl (C=O) groups excluding carboxylic acids is 1. The summed E-state index contributed by atoms with van der Waals surface area (Å²) in [4.78, 5) is 18.3. The molecule has 0 N–H and O–H groups in total. The SMILES string of the molecule is CCOCCn1c(=NC(=O)c2c(OCC)ccc3ccccc23)sc2cc(F)ccc21. The molecule has 1 amide bonds. The summed E-state index contributed by atoms with van der Waals surface area (Å²) in [6, 6.07) is 16.0. The van der Waals surface area contributed by atoms with E-state index >= 15 is 0 Å². The lowest BCUT2D eigenvalue weighted by Crippen LogP contribution is -2.20. The second-order valence-electron chi connectivity index (χ2n) is 6.86. The molecule has 0 fully saturated rings. The van der Waals surface area contributed by atoms with E-state index in [0.29, 0.717) is 42.5 Å². The first-order valence-corrected chi connectivity index (χ1v) is 11.0. The van der Waals surface area contributed by atoms with Gasteiger partial charge in [-0.15, -0.1) is 0 Å². The highest BCUT2D eigenvalue weighted by atomic mass is 32.1. The van der Waals surface area contributed by atoms with Crippen LogP contribution in [0.25, 0.3) is 21.0 Å². The van der Waals surface area contributed by atoms with Gasteiger partial charge in [0.25, 0.3) is 5.91 Å². The zero-order chi connectivity index (χ0) is 21.8. The summed E-state index contributed by atoms with van der Waals surface area (Å²) in [5.74, 6) is -0.211. The average molecular weight is 439 g/mol. The first-order valence-electron chi connectivity index (χ1n) is 10.2. The van der Waals surface area contributed by atoms with Gasteiger partial charge in [-0.2, -0.15) is 4.99 Å². The monoisotopic (exact) mass is 438 g/mol. The van der Waals surface area contributed by atoms with Crippen molar-refractivity contribution in [1.82, 2.24) is 4.57 Å². The van der Waals surface area contributed by atoms with Crippen LogP contribution < -0.4 is 9.54 Å². The number of hydrogen-bond acceptors (Lipinski definition) is 4. The Labute approximate surface area is 183 Å². The van der Waals surface area contributed by atoms with Crippen LogP contribution in [0.3, 0.4) is 0 Å². The minimum Gasteiger partial charge on any atom is -0.493 e. The van der Waals surface area contributed by atoms with Crippen molar-refractivity contribution in [2.24, 2.45) is 4.99 Å². The number of fused-ring (bicyclic) bond motifs is 2.